The van der Waals surface area contributed by atoms with E-state index in [1.165, 1.54) is 39.5 Å². The Morgan fingerprint density at radius 2 is 1.73 bits per heavy atom. The number of rotatable bonds is 6. The van der Waals surface area contributed by atoms with Crippen LogP contribution in [-0.4, -0.2) is 36.7 Å². The number of sulfonamides is 1. The van der Waals surface area contributed by atoms with Crippen LogP contribution in [-0.2, 0) is 21.4 Å². The molecule has 11 heteroatoms. The maximum absolute atomic E-state index is 14.4. The number of amides is 1. The van der Waals surface area contributed by atoms with Gasteiger partial charge in [0, 0.05) is 30.1 Å². The number of thiazole rings is 1. The zero-order chi connectivity index (χ0) is 26.2. The summed E-state index contributed by atoms with van der Waals surface area (Å²) in [7, 11) is -3.71. The molecule has 1 fully saturated rings. The van der Waals surface area contributed by atoms with Crippen molar-refractivity contribution in [1.82, 2.24) is 9.29 Å². The first-order chi connectivity index (χ1) is 17.7. The molecule has 1 amide bonds. The summed E-state index contributed by atoms with van der Waals surface area (Å²) in [5.41, 5.74) is 0.862. The van der Waals surface area contributed by atoms with E-state index in [4.69, 9.17) is 11.6 Å². The van der Waals surface area contributed by atoms with Gasteiger partial charge in [-0.15, -0.1) is 0 Å². The number of carbonyl (C=O) groups is 1. The molecule has 0 unspecified atom stereocenters. The van der Waals surface area contributed by atoms with Crippen LogP contribution >= 0.6 is 22.9 Å². The minimum absolute atomic E-state index is 0.0103. The second-order valence-electron chi connectivity index (χ2n) is 8.77. The second-order valence-corrected chi connectivity index (χ2v) is 12.2. The molecule has 0 saturated carbocycles. The summed E-state index contributed by atoms with van der Waals surface area (Å²) in [5.74, 6) is -2.18. The average molecular weight is 562 g/mol. The van der Waals surface area contributed by atoms with Crippen molar-refractivity contribution in [2.24, 2.45) is 5.92 Å². The number of carbonyl (C=O) groups excluding carboxylic acids is 1. The van der Waals surface area contributed by atoms with Gasteiger partial charge in [-0.1, -0.05) is 53.3 Å². The van der Waals surface area contributed by atoms with Crippen LogP contribution in [0.4, 0.5) is 13.9 Å². The minimum Gasteiger partial charge on any atom is -0.283 e. The summed E-state index contributed by atoms with van der Waals surface area (Å²) < 4.78 is 55.9. The SMILES string of the molecule is O=C(C1CCN(S(=O)(=O)c2ccc(Cl)cc2)CC1)N(Cc1ccccc1)c1nc2c(F)cc(F)cc2s1. The van der Waals surface area contributed by atoms with Crippen LogP contribution in [0.1, 0.15) is 18.4 Å². The Balaban J connectivity index is 1.39. The van der Waals surface area contributed by atoms with Crippen LogP contribution in [0.15, 0.2) is 71.6 Å². The zero-order valence-electron chi connectivity index (χ0n) is 19.5. The first-order valence-corrected chi connectivity index (χ1v) is 14.2. The van der Waals surface area contributed by atoms with Gasteiger partial charge in [-0.2, -0.15) is 4.31 Å². The van der Waals surface area contributed by atoms with E-state index in [-0.39, 0.29) is 41.1 Å². The standard InChI is InChI=1S/C26H22ClF2N3O3S2/c27-19-6-8-21(9-7-19)37(34,35)31-12-10-18(11-13-31)25(33)32(16-17-4-2-1-3-5-17)26-30-24-22(29)14-20(28)15-23(24)36-26/h1-9,14-15,18H,10-13,16H2. The molecule has 1 saturated heterocycles. The van der Waals surface area contributed by atoms with E-state index in [0.29, 0.717) is 22.6 Å². The third-order valence-electron chi connectivity index (χ3n) is 6.34. The lowest BCUT2D eigenvalue weighted by atomic mass is 9.96. The highest BCUT2D eigenvalue weighted by Crippen LogP contribution is 2.34. The number of halogens is 3. The molecule has 5 rings (SSSR count). The third-order valence-corrected chi connectivity index (χ3v) is 9.53. The fourth-order valence-electron chi connectivity index (χ4n) is 4.39. The van der Waals surface area contributed by atoms with Gasteiger partial charge in [-0.3, -0.25) is 9.69 Å². The van der Waals surface area contributed by atoms with Crippen molar-refractivity contribution in [3.63, 3.8) is 0 Å². The summed E-state index contributed by atoms with van der Waals surface area (Å²) in [4.78, 5) is 19.7. The van der Waals surface area contributed by atoms with Crippen molar-refractivity contribution in [1.29, 1.82) is 0 Å². The van der Waals surface area contributed by atoms with Gasteiger partial charge in [0.15, 0.2) is 10.9 Å². The molecule has 0 atom stereocenters. The van der Waals surface area contributed by atoms with E-state index in [9.17, 15) is 22.0 Å². The number of anilines is 1. The van der Waals surface area contributed by atoms with Gasteiger partial charge in [0.05, 0.1) is 16.1 Å². The predicted molar refractivity (Wildman–Crippen MR) is 140 cm³/mol. The van der Waals surface area contributed by atoms with Crippen molar-refractivity contribution in [2.75, 3.05) is 18.0 Å². The van der Waals surface area contributed by atoms with Crippen LogP contribution in [0.2, 0.25) is 5.02 Å². The van der Waals surface area contributed by atoms with Crippen LogP contribution in [0, 0.1) is 17.6 Å². The summed E-state index contributed by atoms with van der Waals surface area (Å²) in [6.45, 7) is 0.563. The van der Waals surface area contributed by atoms with Crippen molar-refractivity contribution in [3.8, 4) is 0 Å². The quantitative estimate of drug-likeness (QED) is 0.295. The Labute approximate surface area is 222 Å². The van der Waals surface area contributed by atoms with E-state index in [2.05, 4.69) is 4.98 Å². The number of aromatic nitrogens is 1. The summed E-state index contributed by atoms with van der Waals surface area (Å²) in [5, 5.41) is 0.712. The highest BCUT2D eigenvalue weighted by Gasteiger charge is 2.35. The Morgan fingerprint density at radius 1 is 1.05 bits per heavy atom. The zero-order valence-corrected chi connectivity index (χ0v) is 21.9. The Bertz CT molecular complexity index is 1540. The number of nitrogens with zero attached hydrogens (tertiary/aromatic N) is 3. The fourth-order valence-corrected chi connectivity index (χ4v) is 6.99. The number of piperidine rings is 1. The number of hydrogen-bond acceptors (Lipinski definition) is 5. The summed E-state index contributed by atoms with van der Waals surface area (Å²) in [6.07, 6.45) is 0.648. The van der Waals surface area contributed by atoms with Crippen molar-refractivity contribution < 1.29 is 22.0 Å². The monoisotopic (exact) mass is 561 g/mol. The van der Waals surface area contributed by atoms with Crippen molar-refractivity contribution >= 4 is 54.2 Å². The fraction of sp³-hybridized carbons (Fsp3) is 0.231. The first kappa shape index (κ1) is 25.7. The molecule has 0 aliphatic carbocycles. The van der Waals surface area contributed by atoms with Crippen LogP contribution in [0.5, 0.6) is 0 Å². The van der Waals surface area contributed by atoms with Crippen LogP contribution < -0.4 is 4.90 Å². The van der Waals surface area contributed by atoms with Gasteiger partial charge < -0.3 is 0 Å². The Hall–Kier alpha value is -2.92. The maximum Gasteiger partial charge on any atom is 0.243 e. The highest BCUT2D eigenvalue weighted by atomic mass is 35.5. The number of benzene rings is 3. The van der Waals surface area contributed by atoms with E-state index in [1.807, 2.05) is 30.3 Å². The minimum atomic E-state index is -3.71. The molecule has 3 aromatic carbocycles. The molecule has 6 nitrogen and oxygen atoms in total. The van der Waals surface area contributed by atoms with Crippen LogP contribution in [0.3, 0.4) is 0 Å². The van der Waals surface area contributed by atoms with E-state index in [1.54, 1.807) is 0 Å². The Morgan fingerprint density at radius 3 is 2.41 bits per heavy atom. The van der Waals surface area contributed by atoms with E-state index in [0.717, 1.165) is 23.0 Å². The molecule has 1 aliphatic heterocycles. The normalized spacial score (nSPS) is 15.2. The average Bonchev–Trinajstić information content (AvgIpc) is 3.32. The molecular formula is C26H22ClF2N3O3S2. The molecule has 4 aromatic rings. The molecule has 1 aromatic heterocycles. The lowest BCUT2D eigenvalue weighted by Gasteiger charge is -2.33. The highest BCUT2D eigenvalue weighted by molar-refractivity contribution is 7.89. The maximum atomic E-state index is 14.4. The molecule has 2 heterocycles. The molecule has 0 N–H and O–H groups in total. The first-order valence-electron chi connectivity index (χ1n) is 11.6. The third kappa shape index (κ3) is 5.38. The molecule has 0 bridgehead atoms. The van der Waals surface area contributed by atoms with Gasteiger partial charge >= 0.3 is 0 Å². The lowest BCUT2D eigenvalue weighted by Crippen LogP contribution is -2.44. The van der Waals surface area contributed by atoms with E-state index < -0.39 is 27.6 Å². The molecule has 0 radical (unpaired) electrons. The van der Waals surface area contributed by atoms with Crippen LogP contribution in [0.25, 0.3) is 10.2 Å². The largest absolute Gasteiger partial charge is 0.283 e. The number of fused-ring (bicyclic) bond motifs is 1. The lowest BCUT2D eigenvalue weighted by molar-refractivity contribution is -0.123. The Kier molecular flexibility index (Phi) is 7.26. The second kappa shape index (κ2) is 10.4. The van der Waals surface area contributed by atoms with E-state index >= 15 is 0 Å². The molecule has 0 spiro atoms. The number of hydrogen-bond donors (Lipinski definition) is 0. The summed E-state index contributed by atoms with van der Waals surface area (Å²) >= 11 is 6.93. The smallest absolute Gasteiger partial charge is 0.243 e. The van der Waals surface area contributed by atoms with Gasteiger partial charge in [0.25, 0.3) is 0 Å². The molecular weight excluding hydrogens is 540 g/mol. The van der Waals surface area contributed by atoms with Gasteiger partial charge in [-0.05, 0) is 48.7 Å². The van der Waals surface area contributed by atoms with Gasteiger partial charge in [-0.25, -0.2) is 22.2 Å². The molecule has 192 valence electrons. The molecule has 1 aliphatic rings. The van der Waals surface area contributed by atoms with Gasteiger partial charge in [0.2, 0.25) is 15.9 Å². The van der Waals surface area contributed by atoms with Crippen molar-refractivity contribution in [2.45, 2.75) is 24.3 Å². The summed E-state index contributed by atoms with van der Waals surface area (Å²) in [6, 6.07) is 17.3. The van der Waals surface area contributed by atoms with Crippen molar-refractivity contribution in [3.05, 3.63) is 89.0 Å². The molecule has 37 heavy (non-hydrogen) atoms. The van der Waals surface area contributed by atoms with Gasteiger partial charge in [0.1, 0.15) is 11.3 Å². The predicted octanol–water partition coefficient (Wildman–Crippen LogP) is 5.86. The topological polar surface area (TPSA) is 70.6 Å².